The van der Waals surface area contributed by atoms with Crippen molar-refractivity contribution in [2.24, 2.45) is 0 Å². The lowest BCUT2D eigenvalue weighted by molar-refractivity contribution is -0.137. The molecule has 0 atom stereocenters. The van der Waals surface area contributed by atoms with E-state index in [2.05, 4.69) is 27.1 Å². The van der Waals surface area contributed by atoms with Gasteiger partial charge in [0.05, 0.1) is 11.1 Å². The van der Waals surface area contributed by atoms with Gasteiger partial charge in [-0.1, -0.05) is 17.9 Å². The summed E-state index contributed by atoms with van der Waals surface area (Å²) in [6.07, 6.45) is -1.49. The number of aromatic nitrogens is 2. The number of halogens is 3. The molecule has 1 amide bonds. The number of amides is 1. The van der Waals surface area contributed by atoms with Gasteiger partial charge in [0.2, 0.25) is 5.95 Å². The zero-order valence-electron chi connectivity index (χ0n) is 15.2. The largest absolute Gasteiger partial charge is 0.416 e. The number of hydrogen-bond acceptors (Lipinski definition) is 4. The fraction of sp³-hybridized carbons (Fsp3) is 0.0952. The molecule has 3 rings (SSSR count). The van der Waals surface area contributed by atoms with E-state index in [4.69, 9.17) is 5.73 Å². The second kappa shape index (κ2) is 8.02. The summed E-state index contributed by atoms with van der Waals surface area (Å²) >= 11 is 0. The molecule has 2 aromatic carbocycles. The number of aryl methyl sites for hydroxylation is 1. The van der Waals surface area contributed by atoms with Gasteiger partial charge in [-0.2, -0.15) is 13.2 Å². The normalized spacial score (nSPS) is 10.8. The minimum absolute atomic E-state index is 0.0790. The summed E-state index contributed by atoms with van der Waals surface area (Å²) in [5.74, 6) is 5.42. The quantitative estimate of drug-likeness (QED) is 0.641. The molecule has 0 saturated heterocycles. The van der Waals surface area contributed by atoms with Gasteiger partial charge in [-0.15, -0.1) is 0 Å². The van der Waals surface area contributed by atoms with Crippen molar-refractivity contribution in [2.75, 3.05) is 11.1 Å². The Balaban J connectivity index is 1.75. The molecule has 0 aliphatic rings. The lowest BCUT2D eigenvalue weighted by atomic mass is 10.1. The molecule has 146 valence electrons. The number of anilines is 2. The maximum atomic E-state index is 12.8. The molecule has 29 heavy (non-hydrogen) atoms. The SMILES string of the molecule is Cc1cc(NC(=O)c2cccc(C(F)(F)F)c2)ccc1C#Cc1cnc(N)nc1. The summed E-state index contributed by atoms with van der Waals surface area (Å²) in [7, 11) is 0. The average Bonchev–Trinajstić information content (AvgIpc) is 2.68. The molecule has 5 nitrogen and oxygen atoms in total. The zero-order valence-corrected chi connectivity index (χ0v) is 15.2. The fourth-order valence-electron chi connectivity index (χ4n) is 2.46. The third-order valence-corrected chi connectivity index (χ3v) is 3.95. The molecule has 8 heteroatoms. The maximum absolute atomic E-state index is 12.8. The molecule has 1 aromatic heterocycles. The van der Waals surface area contributed by atoms with E-state index in [1.807, 2.05) is 6.92 Å². The third-order valence-electron chi connectivity index (χ3n) is 3.95. The molecular formula is C21H15F3N4O. The Labute approximate surface area is 164 Å². The number of nitrogens with one attached hydrogen (secondary N) is 1. The van der Waals surface area contributed by atoms with Gasteiger partial charge < -0.3 is 11.1 Å². The second-order valence-corrected chi connectivity index (χ2v) is 6.14. The fourth-order valence-corrected chi connectivity index (χ4v) is 2.46. The van der Waals surface area contributed by atoms with E-state index in [0.717, 1.165) is 23.3 Å². The van der Waals surface area contributed by atoms with Crippen molar-refractivity contribution in [1.29, 1.82) is 0 Å². The highest BCUT2D eigenvalue weighted by Gasteiger charge is 2.30. The van der Waals surface area contributed by atoms with Crippen LogP contribution in [0.5, 0.6) is 0 Å². The van der Waals surface area contributed by atoms with E-state index < -0.39 is 17.6 Å². The second-order valence-electron chi connectivity index (χ2n) is 6.14. The molecule has 3 aromatic rings. The maximum Gasteiger partial charge on any atom is 0.416 e. The molecule has 0 spiro atoms. The van der Waals surface area contributed by atoms with Crippen molar-refractivity contribution >= 4 is 17.5 Å². The van der Waals surface area contributed by atoms with Gasteiger partial charge in [0, 0.05) is 29.2 Å². The van der Waals surface area contributed by atoms with Gasteiger partial charge >= 0.3 is 6.18 Å². The van der Waals surface area contributed by atoms with Crippen LogP contribution in [-0.4, -0.2) is 15.9 Å². The van der Waals surface area contributed by atoms with Crippen LogP contribution in [0.2, 0.25) is 0 Å². The van der Waals surface area contributed by atoms with Crippen molar-refractivity contribution in [3.05, 3.63) is 82.7 Å². The van der Waals surface area contributed by atoms with E-state index in [1.54, 1.807) is 18.2 Å². The van der Waals surface area contributed by atoms with Crippen molar-refractivity contribution in [3.8, 4) is 11.8 Å². The number of hydrogen-bond donors (Lipinski definition) is 2. The molecule has 0 bridgehead atoms. The Kier molecular flexibility index (Phi) is 5.50. The van der Waals surface area contributed by atoms with E-state index in [-0.39, 0.29) is 11.5 Å². The number of carbonyl (C=O) groups is 1. The lowest BCUT2D eigenvalue weighted by Gasteiger charge is -2.10. The highest BCUT2D eigenvalue weighted by molar-refractivity contribution is 6.04. The van der Waals surface area contributed by atoms with E-state index in [9.17, 15) is 18.0 Å². The molecule has 0 unspecified atom stereocenters. The molecule has 0 aliphatic heterocycles. The number of nitrogens with zero attached hydrogens (tertiary/aromatic N) is 2. The number of rotatable bonds is 2. The molecule has 0 radical (unpaired) electrons. The molecule has 3 N–H and O–H groups in total. The van der Waals surface area contributed by atoms with Gasteiger partial charge in [-0.25, -0.2) is 9.97 Å². The van der Waals surface area contributed by atoms with Crippen LogP contribution in [0.1, 0.15) is 32.6 Å². The Morgan fingerprint density at radius 3 is 2.45 bits per heavy atom. The van der Waals surface area contributed by atoms with Crippen molar-refractivity contribution < 1.29 is 18.0 Å². The van der Waals surface area contributed by atoms with Crippen LogP contribution in [0, 0.1) is 18.8 Å². The average molecular weight is 396 g/mol. The number of benzene rings is 2. The topological polar surface area (TPSA) is 80.9 Å². The molecular weight excluding hydrogens is 381 g/mol. The highest BCUT2D eigenvalue weighted by atomic mass is 19.4. The number of nitrogen functional groups attached to an aromatic ring is 1. The Bertz CT molecular complexity index is 1110. The van der Waals surface area contributed by atoms with Gasteiger partial charge in [0.15, 0.2) is 0 Å². The zero-order chi connectivity index (χ0) is 21.0. The van der Waals surface area contributed by atoms with Crippen LogP contribution >= 0.6 is 0 Å². The molecule has 0 saturated carbocycles. The summed E-state index contributed by atoms with van der Waals surface area (Å²) < 4.78 is 38.4. The van der Waals surface area contributed by atoms with Crippen molar-refractivity contribution in [3.63, 3.8) is 0 Å². The first-order valence-corrected chi connectivity index (χ1v) is 8.41. The Morgan fingerprint density at radius 2 is 1.79 bits per heavy atom. The summed E-state index contributed by atoms with van der Waals surface area (Å²) in [6.45, 7) is 1.81. The standard InChI is InChI=1S/C21H15F3N4O/c1-13-9-18(8-7-15(13)6-5-14-11-26-20(25)27-12-14)28-19(29)16-3-2-4-17(10-16)21(22,23)24/h2-4,7-12H,1H3,(H,28,29)(H2,25,26,27). The first-order chi connectivity index (χ1) is 13.7. The van der Waals surface area contributed by atoms with Crippen LogP contribution in [0.4, 0.5) is 24.8 Å². The summed E-state index contributed by atoms with van der Waals surface area (Å²) in [4.78, 5) is 20.0. The predicted molar refractivity (Wildman–Crippen MR) is 103 cm³/mol. The Morgan fingerprint density at radius 1 is 1.07 bits per heavy atom. The Hall–Kier alpha value is -3.86. The predicted octanol–water partition coefficient (Wildman–Crippen LogP) is 4.04. The van der Waals surface area contributed by atoms with E-state index >= 15 is 0 Å². The summed E-state index contributed by atoms with van der Waals surface area (Å²) in [5, 5.41) is 2.60. The minimum atomic E-state index is -4.51. The summed E-state index contributed by atoms with van der Waals surface area (Å²) in [5.41, 5.74) is 7.03. The first kappa shape index (κ1) is 19.9. The van der Waals surface area contributed by atoms with E-state index in [0.29, 0.717) is 11.3 Å². The lowest BCUT2D eigenvalue weighted by Crippen LogP contribution is -2.14. The van der Waals surface area contributed by atoms with Crippen LogP contribution in [0.15, 0.2) is 54.9 Å². The number of nitrogens with two attached hydrogens (primary N) is 1. The van der Waals surface area contributed by atoms with Crippen molar-refractivity contribution in [2.45, 2.75) is 13.1 Å². The van der Waals surface area contributed by atoms with Gasteiger partial charge in [-0.05, 0) is 48.9 Å². The molecule has 0 fully saturated rings. The highest BCUT2D eigenvalue weighted by Crippen LogP contribution is 2.29. The molecule has 0 aliphatic carbocycles. The third kappa shape index (κ3) is 5.11. The molecule has 1 heterocycles. The van der Waals surface area contributed by atoms with Gasteiger partial charge in [0.1, 0.15) is 0 Å². The van der Waals surface area contributed by atoms with Crippen LogP contribution in [0.3, 0.4) is 0 Å². The smallest absolute Gasteiger partial charge is 0.368 e. The van der Waals surface area contributed by atoms with Crippen LogP contribution in [-0.2, 0) is 6.18 Å². The van der Waals surface area contributed by atoms with E-state index in [1.165, 1.54) is 24.5 Å². The van der Waals surface area contributed by atoms with Gasteiger partial charge in [-0.3, -0.25) is 4.79 Å². The van der Waals surface area contributed by atoms with Crippen LogP contribution in [0.25, 0.3) is 0 Å². The summed E-state index contributed by atoms with van der Waals surface area (Å²) in [6, 6.07) is 9.28. The minimum Gasteiger partial charge on any atom is -0.368 e. The van der Waals surface area contributed by atoms with Crippen LogP contribution < -0.4 is 11.1 Å². The number of alkyl halides is 3. The first-order valence-electron chi connectivity index (χ1n) is 8.41. The van der Waals surface area contributed by atoms with Gasteiger partial charge in [0.25, 0.3) is 5.91 Å². The van der Waals surface area contributed by atoms with Crippen molar-refractivity contribution in [1.82, 2.24) is 9.97 Å². The number of carbonyl (C=O) groups excluding carboxylic acids is 1. The monoisotopic (exact) mass is 396 g/mol.